The van der Waals surface area contributed by atoms with Gasteiger partial charge in [0.25, 0.3) is 0 Å². The van der Waals surface area contributed by atoms with E-state index in [1.54, 1.807) is 4.90 Å². The molecule has 1 saturated carbocycles. The zero-order valence-electron chi connectivity index (χ0n) is 25.0. The normalized spacial score (nSPS) is 30.1. The third-order valence-corrected chi connectivity index (χ3v) is 8.77. The van der Waals surface area contributed by atoms with Crippen molar-refractivity contribution in [2.45, 2.75) is 56.3 Å². The number of nitrogen functional groups attached to an aromatic ring is 1. The summed E-state index contributed by atoms with van der Waals surface area (Å²) in [6.45, 7) is -0.456. The summed E-state index contributed by atoms with van der Waals surface area (Å²) < 4.78 is 117. The Bertz CT molecular complexity index is 1680. The largest absolute Gasteiger partial charge is 0.461 e. The molecule has 0 radical (unpaired) electrons. The second-order valence-corrected chi connectivity index (χ2v) is 11.6. The molecule has 5 atom stereocenters. The quantitative estimate of drug-likeness (QED) is 0.424. The number of hydrogen-bond acceptors (Lipinski definition) is 9. The lowest BCUT2D eigenvalue weighted by Gasteiger charge is -2.31. The number of aromatic nitrogens is 4. The summed E-state index contributed by atoms with van der Waals surface area (Å²) in [7, 11) is 0. The van der Waals surface area contributed by atoms with Crippen LogP contribution in [0.1, 0.15) is 33.1 Å². The van der Waals surface area contributed by atoms with Gasteiger partial charge in [-0.2, -0.15) is 23.1 Å². The number of pyridine rings is 2. The molecule has 1 aliphatic carbocycles. The molecule has 3 aromatic heterocycles. The Hall–Kier alpha value is -3.46. The minimum Gasteiger partial charge on any atom is -0.461 e. The van der Waals surface area contributed by atoms with Crippen molar-refractivity contribution in [3.8, 4) is 17.4 Å². The molecule has 3 aliphatic heterocycles. The lowest BCUT2D eigenvalue weighted by molar-refractivity contribution is -0.137. The number of nitrogens with zero attached hydrogens (tertiary/aromatic N) is 6. The van der Waals surface area contributed by atoms with Crippen LogP contribution in [0.5, 0.6) is 6.01 Å². The molecule has 0 unspecified atom stereocenters. The van der Waals surface area contributed by atoms with Crippen LogP contribution in [0.2, 0.25) is 0 Å². The molecular formula is C28H29F6N7O2. The van der Waals surface area contributed by atoms with Crippen LogP contribution in [0.4, 0.5) is 38.0 Å². The van der Waals surface area contributed by atoms with Gasteiger partial charge < -0.3 is 20.1 Å². The van der Waals surface area contributed by atoms with Crippen LogP contribution in [-0.4, -0.2) is 88.2 Å². The lowest BCUT2D eigenvalue weighted by atomic mass is 9.95. The van der Waals surface area contributed by atoms with E-state index in [0.717, 1.165) is 19.2 Å². The first-order valence-corrected chi connectivity index (χ1v) is 14.0. The molecular weight excluding hydrogens is 580 g/mol. The minimum absolute atomic E-state index is 0.0270. The van der Waals surface area contributed by atoms with Crippen LogP contribution in [0.15, 0.2) is 12.3 Å². The maximum atomic E-state index is 16.5. The van der Waals surface area contributed by atoms with Crippen LogP contribution in [0.25, 0.3) is 22.3 Å². The second kappa shape index (κ2) is 10.0. The van der Waals surface area contributed by atoms with Crippen molar-refractivity contribution in [1.29, 1.82) is 0 Å². The van der Waals surface area contributed by atoms with Crippen molar-refractivity contribution < 1.29 is 38.6 Å². The number of halogens is 6. The van der Waals surface area contributed by atoms with Gasteiger partial charge in [-0.3, -0.25) is 9.88 Å². The molecule has 3 aromatic rings. The Morgan fingerprint density at radius 2 is 2.02 bits per heavy atom. The Labute approximate surface area is 245 Å². The van der Waals surface area contributed by atoms with E-state index in [1.165, 1.54) is 4.90 Å². The van der Waals surface area contributed by atoms with Crippen molar-refractivity contribution >= 4 is 22.5 Å². The number of fused-ring (bicyclic) bond motifs is 3. The first-order valence-electron chi connectivity index (χ1n) is 15.0. The van der Waals surface area contributed by atoms with Crippen LogP contribution in [0, 0.1) is 18.7 Å². The Morgan fingerprint density at radius 3 is 2.81 bits per heavy atom. The summed E-state index contributed by atoms with van der Waals surface area (Å²) in [6.07, 6.45) is -5.68. The highest BCUT2D eigenvalue weighted by atomic mass is 19.4. The fraction of sp³-hybridized carbons (Fsp3) is 0.571. The molecule has 6 heterocycles. The summed E-state index contributed by atoms with van der Waals surface area (Å²) in [5, 5.41) is -0.0663. The molecule has 2 N–H and O–H groups in total. The van der Waals surface area contributed by atoms with Crippen LogP contribution in [-0.2, 0) is 10.9 Å². The van der Waals surface area contributed by atoms with Crippen molar-refractivity contribution in [2.75, 3.05) is 50.0 Å². The highest BCUT2D eigenvalue weighted by Gasteiger charge is 2.56. The highest BCUT2D eigenvalue weighted by molar-refractivity contribution is 5.92. The van der Waals surface area contributed by atoms with Crippen LogP contribution in [0.3, 0.4) is 0 Å². The van der Waals surface area contributed by atoms with Crippen molar-refractivity contribution in [2.24, 2.45) is 5.92 Å². The first-order chi connectivity index (χ1) is 21.2. The summed E-state index contributed by atoms with van der Waals surface area (Å²) in [4.78, 5) is 19.5. The zero-order valence-corrected chi connectivity index (χ0v) is 23.0. The SMILES string of the molecule is [2H]C([2H])(Oc1nc(N2CCOC[C@H]3[C@H](F)[C@H]32)c2cnc(-c3nc(N)cc(C)c3C(F)(F)F)c(F)c2n1)[C@@]12CCCN1C[C@H](F)C2. The summed E-state index contributed by atoms with van der Waals surface area (Å²) in [5.74, 6) is -2.15. The maximum absolute atomic E-state index is 16.5. The van der Waals surface area contributed by atoms with E-state index in [1.807, 2.05) is 0 Å². The van der Waals surface area contributed by atoms with Gasteiger partial charge in [0.2, 0.25) is 0 Å². The fourth-order valence-electron chi connectivity index (χ4n) is 6.77. The molecule has 4 fully saturated rings. The molecule has 230 valence electrons. The average Bonchev–Trinajstić information content (AvgIpc) is 3.30. The standard InChI is InChI=1S/C28H29F6N7O2/c1-13-7-17(35)37-22(18(13)28(32,33)34)23-20(31)21-15(9-36-23)25(41-5-6-42-11-16-19(30)24(16)41)39-26(38-21)43-12-27-3-2-4-40(27)10-14(29)8-27/h7,9,14,16,19,24H,2-6,8,10-12H2,1H3,(H2,35,37)/t14-,16+,19+,24+,27+/m1/s1/i12D2. The minimum atomic E-state index is -4.93. The predicted octanol–water partition coefficient (Wildman–Crippen LogP) is 4.26. The van der Waals surface area contributed by atoms with Gasteiger partial charge in [-0.25, -0.2) is 18.2 Å². The monoisotopic (exact) mass is 611 g/mol. The van der Waals surface area contributed by atoms with E-state index in [0.29, 0.717) is 19.4 Å². The summed E-state index contributed by atoms with van der Waals surface area (Å²) in [6, 6.07) is -0.330. The molecule has 3 saturated heterocycles. The maximum Gasteiger partial charge on any atom is 0.418 e. The van der Waals surface area contributed by atoms with Crippen LogP contribution < -0.4 is 15.4 Å². The zero-order chi connectivity index (χ0) is 32.1. The highest BCUT2D eigenvalue weighted by Crippen LogP contribution is 2.46. The predicted molar refractivity (Wildman–Crippen MR) is 144 cm³/mol. The number of ether oxygens (including phenoxy) is 2. The second-order valence-electron chi connectivity index (χ2n) is 11.6. The summed E-state index contributed by atoms with van der Waals surface area (Å²) in [5.41, 5.74) is 0.680. The number of aryl methyl sites for hydroxylation is 1. The van der Waals surface area contributed by atoms with Crippen molar-refractivity contribution in [3.63, 3.8) is 0 Å². The molecule has 4 aliphatic rings. The van der Waals surface area contributed by atoms with Gasteiger partial charge in [0.15, 0.2) is 5.82 Å². The molecule has 0 aromatic carbocycles. The number of anilines is 2. The summed E-state index contributed by atoms with van der Waals surface area (Å²) >= 11 is 0. The number of rotatable bonds is 5. The van der Waals surface area contributed by atoms with Gasteiger partial charge in [0.05, 0.1) is 38.5 Å². The van der Waals surface area contributed by atoms with Crippen molar-refractivity contribution in [3.05, 3.63) is 29.2 Å². The molecule has 7 rings (SSSR count). The molecule has 9 nitrogen and oxygen atoms in total. The molecule has 15 heteroatoms. The number of alkyl halides is 5. The Balaban J connectivity index is 1.41. The molecule has 0 amide bonds. The van der Waals surface area contributed by atoms with E-state index in [4.69, 9.17) is 17.9 Å². The molecule has 43 heavy (non-hydrogen) atoms. The lowest BCUT2D eigenvalue weighted by Crippen LogP contribution is -2.43. The van der Waals surface area contributed by atoms with Crippen LogP contribution >= 0.6 is 0 Å². The smallest absolute Gasteiger partial charge is 0.418 e. The molecule has 0 spiro atoms. The third-order valence-electron chi connectivity index (χ3n) is 8.77. The van der Waals surface area contributed by atoms with Crippen molar-refractivity contribution in [1.82, 2.24) is 24.8 Å². The van der Waals surface area contributed by atoms with E-state index in [9.17, 15) is 22.0 Å². The van der Waals surface area contributed by atoms with Gasteiger partial charge in [-0.15, -0.1) is 0 Å². The number of nitrogens with two attached hydrogens (primary N) is 1. The Kier molecular flexibility index (Phi) is 6.07. The first kappa shape index (κ1) is 26.0. The van der Waals surface area contributed by atoms with Gasteiger partial charge in [-0.1, -0.05) is 0 Å². The van der Waals surface area contributed by atoms with Gasteiger partial charge in [-0.05, 0) is 37.9 Å². The van der Waals surface area contributed by atoms with Gasteiger partial charge in [0, 0.05) is 31.6 Å². The Morgan fingerprint density at radius 1 is 1.21 bits per heavy atom. The van der Waals surface area contributed by atoms with Gasteiger partial charge in [0.1, 0.15) is 47.4 Å². The van der Waals surface area contributed by atoms with E-state index in [2.05, 4.69) is 19.9 Å². The third kappa shape index (κ3) is 4.71. The number of hydrogen-bond donors (Lipinski definition) is 1. The molecule has 0 bridgehead atoms. The van der Waals surface area contributed by atoms with E-state index < -0.39 is 76.9 Å². The average molecular weight is 612 g/mol. The van der Waals surface area contributed by atoms with E-state index in [-0.39, 0.29) is 55.3 Å². The topological polar surface area (TPSA) is 103 Å². The van der Waals surface area contributed by atoms with Gasteiger partial charge >= 0.3 is 12.2 Å². The van der Waals surface area contributed by atoms with E-state index >= 15 is 4.39 Å². The fourth-order valence-corrected chi connectivity index (χ4v) is 6.77.